The van der Waals surface area contributed by atoms with Crippen LogP contribution in [0.1, 0.15) is 11.1 Å². The quantitative estimate of drug-likeness (QED) is 0.446. The van der Waals surface area contributed by atoms with Crippen LogP contribution in [0, 0.1) is 0 Å². The summed E-state index contributed by atoms with van der Waals surface area (Å²) in [7, 11) is 0. The first-order valence-electron chi connectivity index (χ1n) is 5.73. The Morgan fingerprint density at radius 2 is 1.63 bits per heavy atom. The van der Waals surface area contributed by atoms with Gasteiger partial charge in [-0.05, 0) is 41.5 Å². The van der Waals surface area contributed by atoms with E-state index in [1.165, 1.54) is 0 Å². The van der Waals surface area contributed by atoms with E-state index in [0.29, 0.717) is 16.9 Å². The third-order valence-corrected chi connectivity index (χ3v) is 2.65. The molecule has 0 aromatic heterocycles. The first kappa shape index (κ1) is 12.7. The van der Waals surface area contributed by atoms with Crippen molar-refractivity contribution in [3.05, 3.63) is 59.7 Å². The van der Waals surface area contributed by atoms with Crippen LogP contribution in [0.15, 0.2) is 48.5 Å². The first-order valence-corrected chi connectivity index (χ1v) is 5.73. The Bertz CT molecular complexity index is 648. The van der Waals surface area contributed by atoms with E-state index in [1.807, 2.05) is 0 Å². The smallest absolute Gasteiger partial charge is 0.336 e. The van der Waals surface area contributed by atoms with Gasteiger partial charge in [0.25, 0.3) is 0 Å². The summed E-state index contributed by atoms with van der Waals surface area (Å²) in [6.07, 6.45) is 1.58. The summed E-state index contributed by atoms with van der Waals surface area (Å²) in [6, 6.07) is 13.8. The monoisotopic (exact) mass is 254 g/mol. The second-order valence-corrected chi connectivity index (χ2v) is 4.16. The van der Waals surface area contributed by atoms with Gasteiger partial charge in [0.2, 0.25) is 0 Å². The van der Waals surface area contributed by atoms with Crippen molar-refractivity contribution >= 4 is 29.0 Å². The second-order valence-electron chi connectivity index (χ2n) is 4.16. The van der Waals surface area contributed by atoms with Gasteiger partial charge >= 0.3 is 5.97 Å². The maximum Gasteiger partial charge on any atom is 0.336 e. The summed E-state index contributed by atoms with van der Waals surface area (Å²) in [5.74, 6) is -1.01. The third-order valence-electron chi connectivity index (χ3n) is 2.65. The van der Waals surface area contributed by atoms with Crippen molar-refractivity contribution in [3.63, 3.8) is 0 Å². The molecule has 0 aliphatic rings. The molecule has 0 unspecified atom stereocenters. The zero-order valence-corrected chi connectivity index (χ0v) is 10.2. The van der Waals surface area contributed by atoms with Crippen LogP contribution in [-0.4, -0.2) is 11.1 Å². The summed E-state index contributed by atoms with van der Waals surface area (Å²) in [5.41, 5.74) is 13.9. The van der Waals surface area contributed by atoms with Crippen molar-refractivity contribution in [2.45, 2.75) is 0 Å². The van der Waals surface area contributed by atoms with Crippen LogP contribution in [0.5, 0.6) is 0 Å². The van der Waals surface area contributed by atoms with Crippen molar-refractivity contribution < 1.29 is 9.90 Å². The standard InChI is InChI=1S/C15H14N2O2/c16-12-5-1-3-10(7-12)8-14(15(18)19)11-4-2-6-13(17)9-11/h1-9H,16-17H2,(H,18,19). The second kappa shape index (κ2) is 5.27. The lowest BCUT2D eigenvalue weighted by Crippen LogP contribution is -2.00. The Hall–Kier alpha value is -2.75. The van der Waals surface area contributed by atoms with Gasteiger partial charge in [0.1, 0.15) is 0 Å². The number of carbonyl (C=O) groups is 1. The number of nitrogens with two attached hydrogens (primary N) is 2. The molecule has 0 spiro atoms. The summed E-state index contributed by atoms with van der Waals surface area (Å²) >= 11 is 0. The number of benzene rings is 2. The van der Waals surface area contributed by atoms with Gasteiger partial charge in [-0.3, -0.25) is 0 Å². The molecule has 2 aromatic rings. The van der Waals surface area contributed by atoms with Gasteiger partial charge in [0.15, 0.2) is 0 Å². The van der Waals surface area contributed by atoms with E-state index in [0.717, 1.165) is 5.56 Å². The molecule has 2 rings (SSSR count). The molecule has 0 atom stereocenters. The maximum atomic E-state index is 11.4. The fourth-order valence-corrected chi connectivity index (χ4v) is 1.79. The SMILES string of the molecule is Nc1cccc(C=C(C(=O)O)c2cccc(N)c2)c1. The number of carboxylic acids is 1. The first-order chi connectivity index (χ1) is 9.06. The number of aliphatic carboxylic acids is 1. The van der Waals surface area contributed by atoms with Gasteiger partial charge in [-0.25, -0.2) is 4.79 Å². The van der Waals surface area contributed by atoms with Crippen molar-refractivity contribution in [2.24, 2.45) is 0 Å². The maximum absolute atomic E-state index is 11.4. The lowest BCUT2D eigenvalue weighted by molar-refractivity contribution is -0.130. The number of carboxylic acid groups (broad SMARTS) is 1. The average molecular weight is 254 g/mol. The van der Waals surface area contributed by atoms with Crippen molar-refractivity contribution in [3.8, 4) is 0 Å². The molecule has 4 nitrogen and oxygen atoms in total. The fraction of sp³-hybridized carbons (Fsp3) is 0. The van der Waals surface area contributed by atoms with Crippen LogP contribution in [-0.2, 0) is 4.79 Å². The largest absolute Gasteiger partial charge is 0.478 e. The Kier molecular flexibility index (Phi) is 3.52. The van der Waals surface area contributed by atoms with Crippen LogP contribution in [0.2, 0.25) is 0 Å². The van der Waals surface area contributed by atoms with Crippen molar-refractivity contribution in [1.82, 2.24) is 0 Å². The Balaban J connectivity index is 2.49. The lowest BCUT2D eigenvalue weighted by atomic mass is 10.0. The summed E-state index contributed by atoms with van der Waals surface area (Å²) in [6.45, 7) is 0. The van der Waals surface area contributed by atoms with Gasteiger partial charge < -0.3 is 16.6 Å². The van der Waals surface area contributed by atoms with Gasteiger partial charge in [-0.15, -0.1) is 0 Å². The van der Waals surface area contributed by atoms with E-state index in [9.17, 15) is 9.90 Å². The molecule has 0 aliphatic heterocycles. The molecule has 19 heavy (non-hydrogen) atoms. The molecule has 0 bridgehead atoms. The highest BCUT2D eigenvalue weighted by molar-refractivity contribution is 6.20. The minimum Gasteiger partial charge on any atom is -0.478 e. The number of hydrogen-bond donors (Lipinski definition) is 3. The van der Waals surface area contributed by atoms with Crippen LogP contribution >= 0.6 is 0 Å². The molecule has 0 saturated carbocycles. The van der Waals surface area contributed by atoms with Gasteiger partial charge in [0, 0.05) is 11.4 Å². The number of hydrogen-bond acceptors (Lipinski definition) is 3. The summed E-state index contributed by atoms with van der Waals surface area (Å²) < 4.78 is 0. The molecular formula is C15H14N2O2. The van der Waals surface area contributed by atoms with E-state index < -0.39 is 5.97 Å². The molecule has 96 valence electrons. The normalized spacial score (nSPS) is 11.3. The average Bonchev–Trinajstić information content (AvgIpc) is 2.35. The molecule has 0 heterocycles. The van der Waals surface area contributed by atoms with Crippen LogP contribution in [0.3, 0.4) is 0 Å². The highest BCUT2D eigenvalue weighted by atomic mass is 16.4. The number of nitrogen functional groups attached to an aromatic ring is 2. The zero-order chi connectivity index (χ0) is 13.8. The van der Waals surface area contributed by atoms with Crippen LogP contribution in [0.4, 0.5) is 11.4 Å². The molecular weight excluding hydrogens is 240 g/mol. The minimum atomic E-state index is -1.01. The van der Waals surface area contributed by atoms with Crippen LogP contribution in [0.25, 0.3) is 11.6 Å². The number of anilines is 2. The molecule has 0 amide bonds. The highest BCUT2D eigenvalue weighted by Gasteiger charge is 2.10. The van der Waals surface area contributed by atoms with E-state index in [4.69, 9.17) is 11.5 Å². The molecule has 0 saturated heterocycles. The Labute approximate surface area is 111 Å². The minimum absolute atomic E-state index is 0.179. The van der Waals surface area contributed by atoms with Gasteiger partial charge in [0.05, 0.1) is 5.57 Å². The summed E-state index contributed by atoms with van der Waals surface area (Å²) in [5, 5.41) is 9.31. The summed E-state index contributed by atoms with van der Waals surface area (Å²) in [4.78, 5) is 11.4. The van der Waals surface area contributed by atoms with Crippen LogP contribution < -0.4 is 11.5 Å². The van der Waals surface area contributed by atoms with Gasteiger partial charge in [-0.1, -0.05) is 24.3 Å². The predicted molar refractivity (Wildman–Crippen MR) is 77.2 cm³/mol. The molecule has 4 heteroatoms. The fourth-order valence-electron chi connectivity index (χ4n) is 1.79. The topological polar surface area (TPSA) is 89.3 Å². The lowest BCUT2D eigenvalue weighted by Gasteiger charge is -2.05. The predicted octanol–water partition coefficient (Wildman–Crippen LogP) is 2.48. The van der Waals surface area contributed by atoms with Crippen molar-refractivity contribution in [1.29, 1.82) is 0 Å². The highest BCUT2D eigenvalue weighted by Crippen LogP contribution is 2.21. The van der Waals surface area contributed by atoms with E-state index >= 15 is 0 Å². The zero-order valence-electron chi connectivity index (χ0n) is 10.2. The Morgan fingerprint density at radius 1 is 1.00 bits per heavy atom. The van der Waals surface area contributed by atoms with Gasteiger partial charge in [-0.2, -0.15) is 0 Å². The molecule has 0 aliphatic carbocycles. The van der Waals surface area contributed by atoms with Crippen molar-refractivity contribution in [2.75, 3.05) is 11.5 Å². The number of rotatable bonds is 3. The Morgan fingerprint density at radius 3 is 2.21 bits per heavy atom. The third kappa shape index (κ3) is 3.13. The molecule has 5 N–H and O–H groups in total. The molecule has 0 fully saturated rings. The van der Waals surface area contributed by atoms with E-state index in [-0.39, 0.29) is 5.57 Å². The van der Waals surface area contributed by atoms with E-state index in [1.54, 1.807) is 54.6 Å². The molecule has 2 aromatic carbocycles. The molecule has 0 radical (unpaired) electrons. The van der Waals surface area contributed by atoms with E-state index in [2.05, 4.69) is 0 Å².